The quantitative estimate of drug-likeness (QED) is 0.637. The lowest BCUT2D eigenvalue weighted by Gasteiger charge is -2.22. The van der Waals surface area contributed by atoms with E-state index in [1.807, 2.05) is 0 Å². The molecule has 0 radical (unpaired) electrons. The molecule has 126 valence electrons. The van der Waals surface area contributed by atoms with E-state index in [0.29, 0.717) is 24.0 Å². The van der Waals surface area contributed by atoms with Gasteiger partial charge in [0, 0.05) is 0 Å². The molecular weight excluding hydrogens is 304 g/mol. The molecular formula is C20H22O4. The lowest BCUT2D eigenvalue weighted by molar-refractivity contribution is 0.0649. The van der Waals surface area contributed by atoms with Crippen molar-refractivity contribution in [1.82, 2.24) is 0 Å². The summed E-state index contributed by atoms with van der Waals surface area (Å²) < 4.78 is 0. The third-order valence-electron chi connectivity index (χ3n) is 3.77. The number of carboxylic acids is 2. The van der Waals surface area contributed by atoms with Crippen LogP contribution in [0.2, 0.25) is 0 Å². The van der Waals surface area contributed by atoms with Crippen LogP contribution in [-0.4, -0.2) is 22.2 Å². The fourth-order valence-electron chi connectivity index (χ4n) is 2.96. The molecule has 0 aromatic heterocycles. The minimum Gasteiger partial charge on any atom is -0.478 e. The van der Waals surface area contributed by atoms with Gasteiger partial charge in [0.05, 0.1) is 11.1 Å². The van der Waals surface area contributed by atoms with Crippen molar-refractivity contribution in [3.63, 3.8) is 0 Å². The Morgan fingerprint density at radius 3 is 1.08 bits per heavy atom. The third kappa shape index (κ3) is 3.71. The first-order valence-corrected chi connectivity index (χ1v) is 7.54. The number of carboxylic acid groups (broad SMARTS) is 2. The molecule has 24 heavy (non-hydrogen) atoms. The molecule has 0 atom stereocenters. The largest absolute Gasteiger partial charge is 0.478 e. The Morgan fingerprint density at radius 1 is 0.625 bits per heavy atom. The second-order valence-electron chi connectivity index (χ2n) is 5.25. The molecule has 4 heteroatoms. The maximum absolute atomic E-state index is 11.8. The van der Waals surface area contributed by atoms with Crippen LogP contribution in [0.5, 0.6) is 0 Å². The molecule has 4 nitrogen and oxygen atoms in total. The second kappa shape index (κ2) is 8.67. The predicted octanol–water partition coefficient (Wildman–Crippen LogP) is 4.00. The zero-order valence-electron chi connectivity index (χ0n) is 13.7. The van der Waals surface area contributed by atoms with Gasteiger partial charge < -0.3 is 10.2 Å². The number of benzene rings is 1. The number of rotatable bonds is 10. The lowest BCUT2D eigenvalue weighted by Crippen LogP contribution is -2.19. The van der Waals surface area contributed by atoms with Crippen molar-refractivity contribution in [3.8, 4) is 0 Å². The van der Waals surface area contributed by atoms with Gasteiger partial charge in [-0.15, -0.1) is 26.3 Å². The smallest absolute Gasteiger partial charge is 0.336 e. The fourth-order valence-corrected chi connectivity index (χ4v) is 2.96. The summed E-state index contributed by atoms with van der Waals surface area (Å²) in [7, 11) is 0. The highest BCUT2D eigenvalue weighted by Crippen LogP contribution is 2.32. The summed E-state index contributed by atoms with van der Waals surface area (Å²) in [4.78, 5) is 23.7. The van der Waals surface area contributed by atoms with Crippen molar-refractivity contribution in [2.75, 3.05) is 0 Å². The van der Waals surface area contributed by atoms with Gasteiger partial charge in [0.15, 0.2) is 0 Å². The molecule has 0 bridgehead atoms. The van der Waals surface area contributed by atoms with Crippen LogP contribution in [0.4, 0.5) is 0 Å². The van der Waals surface area contributed by atoms with E-state index in [-0.39, 0.29) is 24.0 Å². The molecule has 0 fully saturated rings. The van der Waals surface area contributed by atoms with E-state index < -0.39 is 11.9 Å². The molecule has 0 spiro atoms. The molecule has 1 rings (SSSR count). The Labute approximate surface area is 142 Å². The van der Waals surface area contributed by atoms with Crippen LogP contribution in [0.3, 0.4) is 0 Å². The topological polar surface area (TPSA) is 74.6 Å². The van der Waals surface area contributed by atoms with Crippen molar-refractivity contribution in [1.29, 1.82) is 0 Å². The number of carbonyl (C=O) groups is 2. The maximum atomic E-state index is 11.8. The number of hydrogen-bond acceptors (Lipinski definition) is 2. The van der Waals surface area contributed by atoms with Gasteiger partial charge in [0.25, 0.3) is 0 Å². The summed E-state index contributed by atoms with van der Waals surface area (Å²) in [5, 5.41) is 19.3. The molecule has 0 aliphatic rings. The van der Waals surface area contributed by atoms with Crippen molar-refractivity contribution in [2.24, 2.45) is 0 Å². The summed E-state index contributed by atoms with van der Waals surface area (Å²) in [6.07, 6.45) is 7.92. The number of hydrogen-bond donors (Lipinski definition) is 2. The van der Waals surface area contributed by atoms with Crippen molar-refractivity contribution < 1.29 is 19.8 Å². The van der Waals surface area contributed by atoms with Crippen LogP contribution in [0.25, 0.3) is 0 Å². The zero-order valence-corrected chi connectivity index (χ0v) is 13.7. The van der Waals surface area contributed by atoms with Gasteiger partial charge in [-0.3, -0.25) is 0 Å². The normalized spacial score (nSPS) is 10.0. The van der Waals surface area contributed by atoms with E-state index in [9.17, 15) is 19.8 Å². The molecule has 0 amide bonds. The first-order chi connectivity index (χ1) is 11.4. The van der Waals surface area contributed by atoms with Crippen molar-refractivity contribution in [2.45, 2.75) is 25.7 Å². The Hall–Kier alpha value is -2.88. The van der Waals surface area contributed by atoms with Crippen LogP contribution in [0.1, 0.15) is 43.0 Å². The second-order valence-corrected chi connectivity index (χ2v) is 5.25. The SMILES string of the molecule is C=CCc1c(CC=C)c(CC=C)c(C(=O)O)c(C(=O)O)c1CC=C. The molecule has 0 saturated carbocycles. The number of aromatic carboxylic acids is 2. The van der Waals surface area contributed by atoms with E-state index in [2.05, 4.69) is 26.3 Å². The van der Waals surface area contributed by atoms with Crippen LogP contribution < -0.4 is 0 Å². The highest BCUT2D eigenvalue weighted by Gasteiger charge is 2.28. The fraction of sp³-hybridized carbons (Fsp3) is 0.200. The van der Waals surface area contributed by atoms with E-state index in [1.54, 1.807) is 24.3 Å². The Balaban J connectivity index is 4.11. The molecule has 0 saturated heterocycles. The maximum Gasteiger partial charge on any atom is 0.336 e. The van der Waals surface area contributed by atoms with Gasteiger partial charge in [-0.1, -0.05) is 24.3 Å². The highest BCUT2D eigenvalue weighted by atomic mass is 16.4. The van der Waals surface area contributed by atoms with E-state index in [0.717, 1.165) is 11.1 Å². The zero-order chi connectivity index (χ0) is 18.3. The van der Waals surface area contributed by atoms with Gasteiger partial charge in [0.1, 0.15) is 0 Å². The molecule has 0 unspecified atom stereocenters. The standard InChI is InChI=1S/C20H22O4/c1-5-9-13-14(10-6-2)16(12-8-4)18(20(23)24)17(19(21)22)15(13)11-7-3/h5-8H,1-4,9-12H2,(H,21,22)(H,23,24). The predicted molar refractivity (Wildman–Crippen MR) is 96.0 cm³/mol. The Kier molecular flexibility index (Phi) is 6.93. The lowest BCUT2D eigenvalue weighted by atomic mass is 9.81. The van der Waals surface area contributed by atoms with Crippen molar-refractivity contribution in [3.05, 3.63) is 84.0 Å². The van der Waals surface area contributed by atoms with Gasteiger partial charge in [0.2, 0.25) is 0 Å². The average molecular weight is 326 g/mol. The number of allylic oxidation sites excluding steroid dienone is 4. The summed E-state index contributed by atoms with van der Waals surface area (Å²) in [5.74, 6) is -2.52. The van der Waals surface area contributed by atoms with Gasteiger partial charge in [-0.05, 0) is 47.9 Å². The summed E-state index contributed by atoms with van der Waals surface area (Å²) in [6, 6.07) is 0. The molecule has 0 aliphatic carbocycles. The van der Waals surface area contributed by atoms with Gasteiger partial charge in [-0.2, -0.15) is 0 Å². The van der Waals surface area contributed by atoms with E-state index in [4.69, 9.17) is 0 Å². The molecule has 2 N–H and O–H groups in total. The molecule has 0 aliphatic heterocycles. The average Bonchev–Trinajstić information content (AvgIpc) is 2.51. The third-order valence-corrected chi connectivity index (χ3v) is 3.77. The Bertz CT molecular complexity index is 650. The molecule has 1 aromatic carbocycles. The van der Waals surface area contributed by atoms with Gasteiger partial charge in [-0.25, -0.2) is 9.59 Å². The summed E-state index contributed by atoms with van der Waals surface area (Å²) >= 11 is 0. The molecule has 1 aromatic rings. The van der Waals surface area contributed by atoms with Crippen LogP contribution in [-0.2, 0) is 25.7 Å². The van der Waals surface area contributed by atoms with Crippen LogP contribution in [0, 0.1) is 0 Å². The minimum absolute atomic E-state index is 0.177. The Morgan fingerprint density at radius 2 is 0.875 bits per heavy atom. The monoisotopic (exact) mass is 326 g/mol. The highest BCUT2D eigenvalue weighted by molar-refractivity contribution is 6.04. The van der Waals surface area contributed by atoms with E-state index in [1.165, 1.54) is 0 Å². The summed E-state index contributed by atoms with van der Waals surface area (Å²) in [5.41, 5.74) is 2.15. The molecule has 0 heterocycles. The first-order valence-electron chi connectivity index (χ1n) is 7.54. The van der Waals surface area contributed by atoms with Crippen molar-refractivity contribution >= 4 is 11.9 Å². The van der Waals surface area contributed by atoms with Crippen LogP contribution in [0.15, 0.2) is 50.6 Å². The summed E-state index contributed by atoms with van der Waals surface area (Å²) in [6.45, 7) is 14.8. The first kappa shape index (κ1) is 19.2. The van der Waals surface area contributed by atoms with Crippen LogP contribution >= 0.6 is 0 Å². The minimum atomic E-state index is -1.26. The van der Waals surface area contributed by atoms with Gasteiger partial charge >= 0.3 is 11.9 Å². The van der Waals surface area contributed by atoms with E-state index >= 15 is 0 Å².